The fourth-order valence-corrected chi connectivity index (χ4v) is 6.08. The Labute approximate surface area is 271 Å². The van der Waals surface area contributed by atoms with Gasteiger partial charge in [0.1, 0.15) is 29.5 Å². The van der Waals surface area contributed by atoms with Crippen molar-refractivity contribution in [2.45, 2.75) is 58.6 Å². The summed E-state index contributed by atoms with van der Waals surface area (Å²) in [5, 5.41) is 23.5. The number of rotatable bonds is 12. The van der Waals surface area contributed by atoms with Crippen LogP contribution in [0.15, 0.2) is 65.0 Å². The van der Waals surface area contributed by atoms with E-state index in [0.717, 1.165) is 40.5 Å². The number of aryl methyl sites for hydroxylation is 2. The topological polar surface area (TPSA) is 125 Å². The molecule has 0 aliphatic heterocycles. The van der Waals surface area contributed by atoms with Gasteiger partial charge in [-0.1, -0.05) is 26.0 Å². The minimum atomic E-state index is -1.97. The molecule has 1 heterocycles. The van der Waals surface area contributed by atoms with Crippen LogP contribution >= 0.6 is 11.3 Å². The number of hydrogen-bond acceptors (Lipinski definition) is 7. The van der Waals surface area contributed by atoms with Crippen molar-refractivity contribution in [3.63, 3.8) is 0 Å². The lowest BCUT2D eigenvalue weighted by molar-refractivity contribution is -0.412. The van der Waals surface area contributed by atoms with Gasteiger partial charge < -0.3 is 15.6 Å². The van der Waals surface area contributed by atoms with Crippen LogP contribution in [0.2, 0.25) is 0 Å². The van der Waals surface area contributed by atoms with E-state index in [0.29, 0.717) is 41.4 Å². The van der Waals surface area contributed by atoms with Crippen molar-refractivity contribution in [3.8, 4) is 23.1 Å². The second-order valence-corrected chi connectivity index (χ2v) is 12.0. The molecule has 0 fully saturated rings. The number of nitriles is 1. The Kier molecular flexibility index (Phi) is 11.1. The molecule has 1 aromatic heterocycles. The first-order chi connectivity index (χ1) is 22.0. The van der Waals surface area contributed by atoms with E-state index in [-0.39, 0.29) is 18.1 Å². The number of nitrogens with zero attached hydrogens (tertiary/aromatic N) is 4. The van der Waals surface area contributed by atoms with E-state index in [1.807, 2.05) is 38.3 Å². The Morgan fingerprint density at radius 3 is 2.52 bits per heavy atom. The molecule has 0 aliphatic carbocycles. The third-order valence-electron chi connectivity index (χ3n) is 7.62. The number of esters is 1. The lowest BCUT2D eigenvalue weighted by atomic mass is 9.82. The highest BCUT2D eigenvalue weighted by Gasteiger charge is 2.42. The summed E-state index contributed by atoms with van der Waals surface area (Å²) in [6.45, 7) is 7.30. The number of hydrogen-bond donors (Lipinski definition) is 2. The summed E-state index contributed by atoms with van der Waals surface area (Å²) in [5.74, 6) is -2.02. The summed E-state index contributed by atoms with van der Waals surface area (Å²) in [7, 11) is 0. The molecule has 0 amide bonds. The van der Waals surface area contributed by atoms with E-state index in [4.69, 9.17) is 15.7 Å². The van der Waals surface area contributed by atoms with Gasteiger partial charge in [-0.25, -0.2) is 18.3 Å². The molecule has 4 aromatic rings. The molecule has 3 aromatic carbocycles. The zero-order chi connectivity index (χ0) is 33.4. The quantitative estimate of drug-likeness (QED) is 0.0597. The zero-order valence-corrected chi connectivity index (χ0v) is 26.9. The van der Waals surface area contributed by atoms with Gasteiger partial charge in [-0.3, -0.25) is 4.79 Å². The van der Waals surface area contributed by atoms with Crippen molar-refractivity contribution in [3.05, 3.63) is 104 Å². The number of thiazole rings is 1. The van der Waals surface area contributed by atoms with Crippen LogP contribution in [0.1, 0.15) is 65.4 Å². The van der Waals surface area contributed by atoms with Gasteiger partial charge in [-0.2, -0.15) is 5.26 Å². The van der Waals surface area contributed by atoms with E-state index in [9.17, 15) is 14.3 Å². The standard InChI is InChI=1S/C35H35F2N5O3S/c1-5-6-32(43)45-33-22(2)13-26(14-23(33)3)17-42(20-39)21-40-19-35(44,29-15-28(36)11-12-30(29)37)24(4)34-41-31(18-46-34)27-9-7-25(16-38)8-10-27/h7-15,18,20-21,24,39,44H,5-6,17,19H2,1-4H3/p+1/t24-,35?/m0/s1. The Balaban J connectivity index is 1.59. The maximum absolute atomic E-state index is 15.2. The summed E-state index contributed by atoms with van der Waals surface area (Å²) in [5.41, 5.74) is 8.06. The molecule has 2 atom stereocenters. The van der Waals surface area contributed by atoms with Crippen molar-refractivity contribution in [2.24, 2.45) is 10.7 Å². The molecule has 238 valence electrons. The molecule has 4 rings (SSSR count). The second-order valence-electron chi connectivity index (χ2n) is 11.1. The van der Waals surface area contributed by atoms with E-state index < -0.39 is 23.2 Å². The molecule has 0 spiro atoms. The molecule has 0 aliphatic rings. The van der Waals surface area contributed by atoms with Crippen LogP contribution in [0.4, 0.5) is 8.78 Å². The predicted molar refractivity (Wildman–Crippen MR) is 175 cm³/mol. The van der Waals surface area contributed by atoms with Crippen molar-refractivity contribution >= 4 is 30.0 Å². The van der Waals surface area contributed by atoms with Crippen LogP contribution in [-0.2, 0) is 16.9 Å². The number of aliphatic hydroxyl groups is 1. The fourth-order valence-electron chi connectivity index (χ4n) is 5.11. The van der Waals surface area contributed by atoms with Crippen molar-refractivity contribution in [2.75, 3.05) is 6.54 Å². The number of halogens is 2. The summed E-state index contributed by atoms with van der Waals surface area (Å²) in [6, 6.07) is 15.7. The summed E-state index contributed by atoms with van der Waals surface area (Å²) < 4.78 is 36.7. The van der Waals surface area contributed by atoms with Crippen LogP contribution in [0.5, 0.6) is 5.75 Å². The predicted octanol–water partition coefficient (Wildman–Crippen LogP) is 6.50. The second kappa shape index (κ2) is 15.0. The largest absolute Gasteiger partial charge is 0.426 e. The number of carbonyl (C=O) groups excluding carboxylic acids is 1. The third kappa shape index (κ3) is 7.88. The monoisotopic (exact) mass is 644 g/mol. The van der Waals surface area contributed by atoms with Crippen LogP contribution in [0, 0.1) is 36.8 Å². The van der Waals surface area contributed by atoms with E-state index in [1.54, 1.807) is 35.8 Å². The van der Waals surface area contributed by atoms with E-state index in [2.05, 4.69) is 16.0 Å². The highest BCUT2D eigenvalue weighted by Crippen LogP contribution is 2.41. The number of carbonyl (C=O) groups is 1. The third-order valence-corrected chi connectivity index (χ3v) is 8.65. The van der Waals surface area contributed by atoms with Gasteiger partial charge in [0.2, 0.25) is 6.34 Å². The summed E-state index contributed by atoms with van der Waals surface area (Å²) >= 11 is 1.28. The molecule has 0 saturated carbocycles. The van der Waals surface area contributed by atoms with E-state index >= 15 is 4.39 Å². The normalized spacial score (nSPS) is 13.7. The average molecular weight is 645 g/mol. The number of nitrogens with two attached hydrogens (primary N) is 1. The SMILES string of the molecule is CCCC(=O)Oc1c(C)cc(C[N+](C=NCC(O)(c2cc(F)ccc2F)[C@@H](C)c2nc(-c3ccc(C#N)cc3)cs2)=CN)cc1C. The highest BCUT2D eigenvalue weighted by molar-refractivity contribution is 7.10. The molecule has 11 heteroatoms. The van der Waals surface area contributed by atoms with Gasteiger partial charge in [0.15, 0.2) is 6.34 Å². The maximum Gasteiger partial charge on any atom is 0.311 e. The van der Waals surface area contributed by atoms with Crippen molar-refractivity contribution in [1.82, 2.24) is 4.98 Å². The molecule has 8 nitrogen and oxygen atoms in total. The Morgan fingerprint density at radius 1 is 1.20 bits per heavy atom. The maximum atomic E-state index is 15.2. The summed E-state index contributed by atoms with van der Waals surface area (Å²) in [6.07, 6.45) is 3.77. The zero-order valence-electron chi connectivity index (χ0n) is 26.1. The number of aliphatic imine (C=N–C) groups is 1. The Hall–Kier alpha value is -4.79. The van der Waals surface area contributed by atoms with Gasteiger partial charge in [-0.15, -0.1) is 16.3 Å². The minimum Gasteiger partial charge on any atom is -0.426 e. The van der Waals surface area contributed by atoms with Crippen LogP contribution < -0.4 is 10.5 Å². The molecule has 0 saturated heterocycles. The first-order valence-electron chi connectivity index (χ1n) is 14.7. The minimum absolute atomic E-state index is 0.241. The number of aromatic nitrogens is 1. The van der Waals surface area contributed by atoms with Gasteiger partial charge in [0.25, 0.3) is 0 Å². The van der Waals surface area contributed by atoms with Crippen LogP contribution in [0.3, 0.4) is 0 Å². The number of benzene rings is 3. The molecule has 46 heavy (non-hydrogen) atoms. The number of ether oxygens (including phenoxy) is 1. The molecular formula is C35H36F2N5O3S+. The molecule has 3 N–H and O–H groups in total. The van der Waals surface area contributed by atoms with Crippen LogP contribution in [0.25, 0.3) is 11.3 Å². The molecular weight excluding hydrogens is 608 g/mol. The highest BCUT2D eigenvalue weighted by atomic mass is 32.1. The van der Waals surface area contributed by atoms with Gasteiger partial charge >= 0.3 is 5.97 Å². The lowest BCUT2D eigenvalue weighted by Crippen LogP contribution is -2.37. The van der Waals surface area contributed by atoms with Gasteiger partial charge in [-0.05, 0) is 79.4 Å². The van der Waals surface area contributed by atoms with Crippen LogP contribution in [-0.4, -0.2) is 39.9 Å². The first kappa shape index (κ1) is 34.1. The van der Waals surface area contributed by atoms with Crippen molar-refractivity contribution < 1.29 is 28.0 Å². The average Bonchev–Trinajstić information content (AvgIpc) is 3.53. The van der Waals surface area contributed by atoms with Gasteiger partial charge in [0.05, 0.1) is 28.9 Å². The van der Waals surface area contributed by atoms with Crippen molar-refractivity contribution in [1.29, 1.82) is 5.26 Å². The smallest absolute Gasteiger partial charge is 0.311 e. The van der Waals surface area contributed by atoms with E-state index in [1.165, 1.54) is 24.0 Å². The lowest BCUT2D eigenvalue weighted by Gasteiger charge is -2.31. The Morgan fingerprint density at radius 2 is 1.89 bits per heavy atom. The van der Waals surface area contributed by atoms with Gasteiger partial charge in [0, 0.05) is 28.8 Å². The first-order valence-corrected chi connectivity index (χ1v) is 15.6. The fraction of sp³-hybridized carbons (Fsp3) is 0.286. The molecule has 0 radical (unpaired) electrons. The Bertz CT molecular complexity index is 1790. The summed E-state index contributed by atoms with van der Waals surface area (Å²) in [4.78, 5) is 21.2. The molecule has 0 bridgehead atoms. The molecule has 1 unspecified atom stereocenters.